The molecule has 1 N–H and O–H groups in total. The quantitative estimate of drug-likeness (QED) is 0.879. The lowest BCUT2D eigenvalue weighted by molar-refractivity contribution is -0.0254. The molecule has 2 atom stereocenters. The zero-order chi connectivity index (χ0) is 15.3. The van der Waals surface area contributed by atoms with Gasteiger partial charge in [-0.2, -0.15) is 0 Å². The lowest BCUT2D eigenvalue weighted by Crippen LogP contribution is -2.41. The Labute approximate surface area is 128 Å². The Hall–Kier alpha value is -1.64. The molecule has 0 aliphatic rings. The van der Waals surface area contributed by atoms with Crippen molar-refractivity contribution in [2.75, 3.05) is 20.6 Å². The van der Waals surface area contributed by atoms with Crippen LogP contribution in [-0.4, -0.2) is 30.6 Å². The van der Waals surface area contributed by atoms with E-state index in [1.807, 2.05) is 62.6 Å². The van der Waals surface area contributed by atoms with Gasteiger partial charge in [-0.05, 0) is 25.2 Å². The molecule has 0 spiro atoms. The number of benzene rings is 2. The predicted octanol–water partition coefficient (Wildman–Crippen LogP) is 3.31. The lowest BCUT2D eigenvalue weighted by Gasteiger charge is -2.36. The molecule has 2 aromatic carbocycles. The molecule has 0 radical (unpaired) electrons. The van der Waals surface area contributed by atoms with Crippen LogP contribution >= 0.6 is 0 Å². The second-order valence-corrected chi connectivity index (χ2v) is 6.12. The van der Waals surface area contributed by atoms with E-state index in [9.17, 15) is 5.11 Å². The minimum atomic E-state index is -0.854. The molecule has 2 aromatic rings. The smallest absolute Gasteiger partial charge is 0.0974 e. The average Bonchev–Trinajstić information content (AvgIpc) is 2.48. The van der Waals surface area contributed by atoms with Crippen molar-refractivity contribution in [3.05, 3.63) is 71.8 Å². The van der Waals surface area contributed by atoms with Crippen molar-refractivity contribution in [1.82, 2.24) is 4.90 Å². The van der Waals surface area contributed by atoms with Crippen LogP contribution < -0.4 is 0 Å². The fourth-order valence-corrected chi connectivity index (χ4v) is 2.89. The highest BCUT2D eigenvalue weighted by molar-refractivity contribution is 5.27. The first kappa shape index (κ1) is 15.7. The summed E-state index contributed by atoms with van der Waals surface area (Å²) >= 11 is 0. The summed E-state index contributed by atoms with van der Waals surface area (Å²) in [5, 5.41) is 11.4. The topological polar surface area (TPSA) is 23.5 Å². The normalized spacial score (nSPS) is 15.7. The number of aliphatic hydroxyl groups is 1. The Kier molecular flexibility index (Phi) is 5.16. The van der Waals surface area contributed by atoms with Crippen LogP contribution in [0.5, 0.6) is 0 Å². The first-order chi connectivity index (χ1) is 10.0. The second kappa shape index (κ2) is 6.88. The molecular formula is C19H25NO. The maximum Gasteiger partial charge on any atom is 0.0974 e. The van der Waals surface area contributed by atoms with Crippen molar-refractivity contribution < 1.29 is 5.11 Å². The zero-order valence-electron chi connectivity index (χ0n) is 13.2. The molecule has 112 valence electrons. The molecule has 0 aromatic heterocycles. The second-order valence-electron chi connectivity index (χ2n) is 6.12. The molecule has 0 amide bonds. The summed E-state index contributed by atoms with van der Waals surface area (Å²) in [6, 6.07) is 20.2. The van der Waals surface area contributed by atoms with Gasteiger partial charge in [0.2, 0.25) is 0 Å². The Morgan fingerprint density at radius 3 is 2.00 bits per heavy atom. The predicted molar refractivity (Wildman–Crippen MR) is 88.2 cm³/mol. The molecule has 0 aliphatic carbocycles. The van der Waals surface area contributed by atoms with Gasteiger partial charge in [0.05, 0.1) is 5.60 Å². The number of rotatable bonds is 6. The molecule has 2 unspecified atom stereocenters. The van der Waals surface area contributed by atoms with E-state index >= 15 is 0 Å². The third kappa shape index (κ3) is 3.93. The van der Waals surface area contributed by atoms with E-state index in [4.69, 9.17) is 0 Å². The van der Waals surface area contributed by atoms with Crippen molar-refractivity contribution in [3.63, 3.8) is 0 Å². The van der Waals surface area contributed by atoms with Gasteiger partial charge in [-0.25, -0.2) is 0 Å². The molecule has 21 heavy (non-hydrogen) atoms. The van der Waals surface area contributed by atoms with Gasteiger partial charge in [0, 0.05) is 18.9 Å². The molecule has 2 rings (SSSR count). The van der Waals surface area contributed by atoms with Gasteiger partial charge in [-0.1, -0.05) is 67.6 Å². The van der Waals surface area contributed by atoms with Gasteiger partial charge in [-0.15, -0.1) is 0 Å². The van der Waals surface area contributed by atoms with Crippen molar-refractivity contribution >= 4 is 0 Å². The summed E-state index contributed by atoms with van der Waals surface area (Å²) in [7, 11) is 4.09. The molecule has 0 saturated carbocycles. The van der Waals surface area contributed by atoms with E-state index < -0.39 is 5.60 Å². The third-order valence-electron chi connectivity index (χ3n) is 4.04. The van der Waals surface area contributed by atoms with Gasteiger partial charge in [0.15, 0.2) is 0 Å². The van der Waals surface area contributed by atoms with Gasteiger partial charge < -0.3 is 10.0 Å². The molecule has 2 nitrogen and oxygen atoms in total. The van der Waals surface area contributed by atoms with E-state index in [0.29, 0.717) is 6.42 Å². The summed E-state index contributed by atoms with van der Waals surface area (Å²) in [4.78, 5) is 2.13. The third-order valence-corrected chi connectivity index (χ3v) is 4.04. The molecule has 0 aliphatic heterocycles. The van der Waals surface area contributed by atoms with Gasteiger partial charge in [-0.3, -0.25) is 0 Å². The van der Waals surface area contributed by atoms with Crippen molar-refractivity contribution in [1.29, 1.82) is 0 Å². The van der Waals surface area contributed by atoms with E-state index in [-0.39, 0.29) is 5.92 Å². The van der Waals surface area contributed by atoms with Gasteiger partial charge >= 0.3 is 0 Å². The Morgan fingerprint density at radius 1 is 0.952 bits per heavy atom. The summed E-state index contributed by atoms with van der Waals surface area (Å²) in [6.07, 6.45) is 0.632. The molecule has 0 bridgehead atoms. The summed E-state index contributed by atoms with van der Waals surface area (Å²) in [5.74, 6) is 0.134. The van der Waals surface area contributed by atoms with Gasteiger partial charge in [0.25, 0.3) is 0 Å². The van der Waals surface area contributed by atoms with Crippen molar-refractivity contribution in [3.8, 4) is 0 Å². The van der Waals surface area contributed by atoms with Crippen LogP contribution in [0.2, 0.25) is 0 Å². The van der Waals surface area contributed by atoms with Crippen LogP contribution in [0.4, 0.5) is 0 Å². The maximum absolute atomic E-state index is 11.4. The minimum absolute atomic E-state index is 0.134. The first-order valence-electron chi connectivity index (χ1n) is 7.49. The highest BCUT2D eigenvalue weighted by atomic mass is 16.3. The fourth-order valence-electron chi connectivity index (χ4n) is 2.89. The highest BCUT2D eigenvalue weighted by Crippen LogP contribution is 2.33. The SMILES string of the molecule is CC(CN(C)C)C(O)(Cc1ccccc1)c1ccccc1. The van der Waals surface area contributed by atoms with Gasteiger partial charge in [0.1, 0.15) is 0 Å². The monoisotopic (exact) mass is 283 g/mol. The average molecular weight is 283 g/mol. The van der Waals surface area contributed by atoms with Crippen LogP contribution in [0.25, 0.3) is 0 Å². The summed E-state index contributed by atoms with van der Waals surface area (Å²) in [6.45, 7) is 2.97. The maximum atomic E-state index is 11.4. The van der Waals surface area contributed by atoms with Crippen LogP contribution in [0, 0.1) is 5.92 Å². The van der Waals surface area contributed by atoms with E-state index in [1.165, 1.54) is 0 Å². The molecule has 0 heterocycles. The van der Waals surface area contributed by atoms with E-state index in [1.54, 1.807) is 0 Å². The largest absolute Gasteiger partial charge is 0.384 e. The standard InChI is InChI=1S/C19H25NO/c1-16(15-20(2)3)19(21,18-12-8-5-9-13-18)14-17-10-6-4-7-11-17/h4-13,16,21H,14-15H2,1-3H3. The zero-order valence-corrected chi connectivity index (χ0v) is 13.2. The summed E-state index contributed by atoms with van der Waals surface area (Å²) < 4.78 is 0. The Morgan fingerprint density at radius 2 is 1.48 bits per heavy atom. The number of hydrogen-bond acceptors (Lipinski definition) is 2. The van der Waals surface area contributed by atoms with Crippen LogP contribution in [0.15, 0.2) is 60.7 Å². The van der Waals surface area contributed by atoms with Crippen molar-refractivity contribution in [2.45, 2.75) is 18.9 Å². The van der Waals surface area contributed by atoms with Crippen LogP contribution in [-0.2, 0) is 12.0 Å². The molecular weight excluding hydrogens is 258 g/mol. The molecule has 2 heteroatoms. The van der Waals surface area contributed by atoms with E-state index in [2.05, 4.69) is 24.0 Å². The van der Waals surface area contributed by atoms with E-state index in [0.717, 1.165) is 17.7 Å². The highest BCUT2D eigenvalue weighted by Gasteiger charge is 2.35. The minimum Gasteiger partial charge on any atom is -0.384 e. The summed E-state index contributed by atoms with van der Waals surface area (Å²) in [5.41, 5.74) is 1.30. The fraction of sp³-hybridized carbons (Fsp3) is 0.368. The Bertz CT molecular complexity index is 538. The van der Waals surface area contributed by atoms with Crippen molar-refractivity contribution in [2.24, 2.45) is 5.92 Å². The number of nitrogens with zero attached hydrogens (tertiary/aromatic N) is 1. The van der Waals surface area contributed by atoms with Crippen LogP contribution in [0.1, 0.15) is 18.1 Å². The first-order valence-corrected chi connectivity index (χ1v) is 7.49. The Balaban J connectivity index is 2.34. The molecule has 0 saturated heterocycles. The van der Waals surface area contributed by atoms with Crippen LogP contribution in [0.3, 0.4) is 0 Å². The number of hydrogen-bond donors (Lipinski definition) is 1. The molecule has 0 fully saturated rings. The lowest BCUT2D eigenvalue weighted by atomic mass is 9.77.